The molecule has 0 aromatic heterocycles. The lowest BCUT2D eigenvalue weighted by molar-refractivity contribution is 0.329. The molecule has 0 amide bonds. The summed E-state index contributed by atoms with van der Waals surface area (Å²) >= 11 is 0. The lowest BCUT2D eigenvalue weighted by Gasteiger charge is -2.27. The lowest BCUT2D eigenvalue weighted by atomic mass is 10.0. The van der Waals surface area contributed by atoms with Crippen molar-refractivity contribution in [1.82, 2.24) is 10.6 Å². The molecule has 0 radical (unpaired) electrons. The van der Waals surface area contributed by atoms with E-state index in [1.54, 1.807) is 13.2 Å². The number of methoxy groups -OCH3 is 1. The standard InChI is InChI=1S/C12H17FN2O/c1-16-12-3-2-11(13)4-10(12)8-15-7-9-5-14-6-9/h2-4,9,14-15H,5-8H2,1H3. The fourth-order valence-corrected chi connectivity index (χ4v) is 1.79. The average molecular weight is 224 g/mol. The van der Waals surface area contributed by atoms with Gasteiger partial charge in [-0.2, -0.15) is 0 Å². The first-order chi connectivity index (χ1) is 7.79. The largest absolute Gasteiger partial charge is 0.496 e. The molecular formula is C12H17FN2O. The molecule has 3 nitrogen and oxygen atoms in total. The van der Waals surface area contributed by atoms with E-state index in [1.165, 1.54) is 12.1 Å². The van der Waals surface area contributed by atoms with E-state index in [4.69, 9.17) is 4.74 Å². The van der Waals surface area contributed by atoms with Crippen LogP contribution in [0.1, 0.15) is 5.56 Å². The molecule has 1 aromatic rings. The lowest BCUT2D eigenvalue weighted by Crippen LogP contribution is -2.47. The third-order valence-electron chi connectivity index (χ3n) is 2.86. The summed E-state index contributed by atoms with van der Waals surface area (Å²) in [5, 5.41) is 6.54. The van der Waals surface area contributed by atoms with E-state index in [0.29, 0.717) is 12.5 Å². The van der Waals surface area contributed by atoms with Crippen LogP contribution in [-0.2, 0) is 6.54 Å². The third kappa shape index (κ3) is 2.71. The van der Waals surface area contributed by atoms with E-state index in [0.717, 1.165) is 30.9 Å². The van der Waals surface area contributed by atoms with Gasteiger partial charge in [-0.15, -0.1) is 0 Å². The smallest absolute Gasteiger partial charge is 0.123 e. The van der Waals surface area contributed by atoms with E-state index < -0.39 is 0 Å². The SMILES string of the molecule is COc1ccc(F)cc1CNCC1CNC1. The normalized spacial score (nSPS) is 15.9. The van der Waals surface area contributed by atoms with E-state index in [-0.39, 0.29) is 5.82 Å². The quantitative estimate of drug-likeness (QED) is 0.787. The monoisotopic (exact) mass is 224 g/mol. The van der Waals surface area contributed by atoms with Crippen molar-refractivity contribution in [1.29, 1.82) is 0 Å². The molecule has 1 aliphatic rings. The molecule has 0 spiro atoms. The van der Waals surface area contributed by atoms with Crippen LogP contribution in [0.3, 0.4) is 0 Å². The number of benzene rings is 1. The van der Waals surface area contributed by atoms with Crippen LogP contribution in [-0.4, -0.2) is 26.7 Å². The van der Waals surface area contributed by atoms with Crippen molar-refractivity contribution in [2.75, 3.05) is 26.7 Å². The summed E-state index contributed by atoms with van der Waals surface area (Å²) in [5.41, 5.74) is 0.870. The minimum Gasteiger partial charge on any atom is -0.496 e. The van der Waals surface area contributed by atoms with Gasteiger partial charge in [-0.1, -0.05) is 0 Å². The minimum absolute atomic E-state index is 0.220. The molecule has 0 aliphatic carbocycles. The first-order valence-corrected chi connectivity index (χ1v) is 5.53. The van der Waals surface area contributed by atoms with E-state index >= 15 is 0 Å². The molecule has 1 saturated heterocycles. The number of ether oxygens (including phenoxy) is 1. The molecule has 1 aliphatic heterocycles. The molecule has 88 valence electrons. The molecule has 1 aromatic carbocycles. The highest BCUT2D eigenvalue weighted by Gasteiger charge is 2.15. The molecule has 0 saturated carbocycles. The zero-order chi connectivity index (χ0) is 11.4. The van der Waals surface area contributed by atoms with Crippen LogP contribution in [0.4, 0.5) is 4.39 Å². The van der Waals surface area contributed by atoms with Crippen molar-refractivity contribution in [3.8, 4) is 5.75 Å². The molecule has 1 fully saturated rings. The van der Waals surface area contributed by atoms with Gasteiger partial charge in [0, 0.05) is 31.7 Å². The third-order valence-corrected chi connectivity index (χ3v) is 2.86. The van der Waals surface area contributed by atoms with Crippen LogP contribution < -0.4 is 15.4 Å². The summed E-state index contributed by atoms with van der Waals surface area (Å²) < 4.78 is 18.2. The van der Waals surface area contributed by atoms with Crippen LogP contribution in [0.25, 0.3) is 0 Å². The summed E-state index contributed by atoms with van der Waals surface area (Å²) in [4.78, 5) is 0. The summed E-state index contributed by atoms with van der Waals surface area (Å²) in [5.74, 6) is 1.23. The fourth-order valence-electron chi connectivity index (χ4n) is 1.79. The van der Waals surface area contributed by atoms with Crippen LogP contribution in [0.5, 0.6) is 5.75 Å². The Bertz CT molecular complexity index is 353. The molecule has 0 atom stereocenters. The number of nitrogens with one attached hydrogen (secondary N) is 2. The topological polar surface area (TPSA) is 33.3 Å². The fraction of sp³-hybridized carbons (Fsp3) is 0.500. The minimum atomic E-state index is -0.220. The van der Waals surface area contributed by atoms with Crippen LogP contribution in [0.15, 0.2) is 18.2 Å². The van der Waals surface area contributed by atoms with E-state index in [1.807, 2.05) is 0 Å². The second-order valence-electron chi connectivity index (χ2n) is 4.11. The average Bonchev–Trinajstić information content (AvgIpc) is 2.22. The van der Waals surface area contributed by atoms with Crippen molar-refractivity contribution in [3.63, 3.8) is 0 Å². The van der Waals surface area contributed by atoms with Gasteiger partial charge in [0.1, 0.15) is 11.6 Å². The Hall–Kier alpha value is -1.13. The molecule has 2 N–H and O–H groups in total. The first kappa shape index (κ1) is 11.4. The highest BCUT2D eigenvalue weighted by molar-refractivity contribution is 5.33. The van der Waals surface area contributed by atoms with E-state index in [2.05, 4.69) is 10.6 Å². The highest BCUT2D eigenvalue weighted by atomic mass is 19.1. The van der Waals surface area contributed by atoms with Gasteiger partial charge in [0.25, 0.3) is 0 Å². The van der Waals surface area contributed by atoms with Crippen molar-refractivity contribution >= 4 is 0 Å². The van der Waals surface area contributed by atoms with Gasteiger partial charge in [0.05, 0.1) is 7.11 Å². The van der Waals surface area contributed by atoms with Gasteiger partial charge in [0.2, 0.25) is 0 Å². The highest BCUT2D eigenvalue weighted by Crippen LogP contribution is 2.19. The summed E-state index contributed by atoms with van der Waals surface area (Å²) in [6, 6.07) is 4.60. The number of rotatable bonds is 5. The van der Waals surface area contributed by atoms with Crippen LogP contribution in [0, 0.1) is 11.7 Å². The van der Waals surface area contributed by atoms with Crippen LogP contribution in [0.2, 0.25) is 0 Å². The molecule has 0 unspecified atom stereocenters. The second kappa shape index (κ2) is 5.27. The Kier molecular flexibility index (Phi) is 3.74. The Labute approximate surface area is 95.0 Å². The summed E-state index contributed by atoms with van der Waals surface area (Å²) in [6.07, 6.45) is 0. The number of hydrogen-bond acceptors (Lipinski definition) is 3. The van der Waals surface area contributed by atoms with Crippen molar-refractivity contribution < 1.29 is 9.13 Å². The first-order valence-electron chi connectivity index (χ1n) is 5.53. The van der Waals surface area contributed by atoms with Gasteiger partial charge in [0.15, 0.2) is 0 Å². The zero-order valence-electron chi connectivity index (χ0n) is 9.42. The van der Waals surface area contributed by atoms with Crippen molar-refractivity contribution in [3.05, 3.63) is 29.6 Å². The maximum Gasteiger partial charge on any atom is 0.123 e. The molecule has 16 heavy (non-hydrogen) atoms. The van der Waals surface area contributed by atoms with Crippen molar-refractivity contribution in [2.45, 2.75) is 6.54 Å². The Morgan fingerprint density at radius 2 is 2.31 bits per heavy atom. The predicted octanol–water partition coefficient (Wildman–Crippen LogP) is 1.14. The molecule has 4 heteroatoms. The Balaban J connectivity index is 1.88. The van der Waals surface area contributed by atoms with Gasteiger partial charge in [-0.05, 0) is 24.1 Å². The van der Waals surface area contributed by atoms with Gasteiger partial charge < -0.3 is 15.4 Å². The van der Waals surface area contributed by atoms with Crippen molar-refractivity contribution in [2.24, 2.45) is 5.92 Å². The molecular weight excluding hydrogens is 207 g/mol. The number of hydrogen-bond donors (Lipinski definition) is 2. The molecule has 1 heterocycles. The predicted molar refractivity (Wildman–Crippen MR) is 61.0 cm³/mol. The van der Waals surface area contributed by atoms with Gasteiger partial charge >= 0.3 is 0 Å². The second-order valence-corrected chi connectivity index (χ2v) is 4.11. The molecule has 0 bridgehead atoms. The van der Waals surface area contributed by atoms with Crippen LogP contribution >= 0.6 is 0 Å². The summed E-state index contributed by atoms with van der Waals surface area (Å²) in [6.45, 7) is 3.77. The van der Waals surface area contributed by atoms with Gasteiger partial charge in [-0.25, -0.2) is 4.39 Å². The Morgan fingerprint density at radius 1 is 1.50 bits per heavy atom. The summed E-state index contributed by atoms with van der Waals surface area (Å²) in [7, 11) is 1.60. The zero-order valence-corrected chi connectivity index (χ0v) is 9.42. The van der Waals surface area contributed by atoms with Gasteiger partial charge in [-0.3, -0.25) is 0 Å². The Morgan fingerprint density at radius 3 is 2.94 bits per heavy atom. The maximum absolute atomic E-state index is 13.1. The maximum atomic E-state index is 13.1. The molecule has 2 rings (SSSR count). The van der Waals surface area contributed by atoms with E-state index in [9.17, 15) is 4.39 Å². The number of halogens is 1.